The molecule has 1 aliphatic rings. The third-order valence-corrected chi connectivity index (χ3v) is 4.85. The van der Waals surface area contributed by atoms with Crippen molar-refractivity contribution < 1.29 is 14.3 Å². The molecule has 1 aromatic rings. The number of hydrogen-bond donors (Lipinski definition) is 4. The highest BCUT2D eigenvalue weighted by molar-refractivity contribution is 6.05. The summed E-state index contributed by atoms with van der Waals surface area (Å²) < 4.78 is 5.24. The highest BCUT2D eigenvalue weighted by Crippen LogP contribution is 2.27. The molecule has 0 atom stereocenters. The second kappa shape index (κ2) is 19.4. The van der Waals surface area contributed by atoms with Crippen LogP contribution in [0.5, 0.6) is 5.75 Å². The number of ether oxygens (including phenoxy) is 1. The summed E-state index contributed by atoms with van der Waals surface area (Å²) in [4.78, 5) is 28.9. The number of hydrogen-bond acceptors (Lipinski definition) is 7. The normalized spacial score (nSPS) is 13.8. The molecular formula is C28H44N6O3. The van der Waals surface area contributed by atoms with E-state index in [1.165, 1.54) is 19.5 Å². The Kier molecular flexibility index (Phi) is 17.3. The van der Waals surface area contributed by atoms with Crippen LogP contribution in [-0.4, -0.2) is 62.8 Å². The Bertz CT molecular complexity index is 976. The number of nitrogens with one attached hydrogen (secondary N) is 2. The Hall–Kier alpha value is -3.85. The number of aliphatic imine (C=N–C) groups is 1. The number of benzene rings is 1. The Morgan fingerprint density at radius 1 is 1.22 bits per heavy atom. The quantitative estimate of drug-likeness (QED) is 0.183. The maximum Gasteiger partial charge on any atom is 0.266 e. The number of nitrogens with two attached hydrogens (primary N) is 2. The average Bonchev–Trinajstić information content (AvgIpc) is 2.92. The fourth-order valence-electron chi connectivity index (χ4n) is 2.95. The first-order valence-electron chi connectivity index (χ1n) is 12.4. The highest BCUT2D eigenvalue weighted by Gasteiger charge is 2.12. The minimum atomic E-state index is -0.348. The van der Waals surface area contributed by atoms with Crippen LogP contribution in [0.3, 0.4) is 0 Å². The lowest BCUT2D eigenvalue weighted by Gasteiger charge is -2.25. The van der Waals surface area contributed by atoms with E-state index in [1.807, 2.05) is 13.0 Å². The molecule has 1 heterocycles. The fourth-order valence-corrected chi connectivity index (χ4v) is 2.95. The molecule has 1 aromatic carbocycles. The van der Waals surface area contributed by atoms with Crippen molar-refractivity contribution in [2.45, 2.75) is 33.6 Å². The van der Waals surface area contributed by atoms with Gasteiger partial charge in [-0.15, -0.1) is 0 Å². The van der Waals surface area contributed by atoms with Gasteiger partial charge in [0.2, 0.25) is 5.91 Å². The van der Waals surface area contributed by atoms with Crippen LogP contribution in [0.4, 0.5) is 5.69 Å². The van der Waals surface area contributed by atoms with Gasteiger partial charge in [0.05, 0.1) is 24.2 Å². The van der Waals surface area contributed by atoms with E-state index in [-0.39, 0.29) is 17.5 Å². The van der Waals surface area contributed by atoms with Crippen molar-refractivity contribution >= 4 is 28.9 Å². The number of carbonyl (C=O) groups is 2. The first-order chi connectivity index (χ1) is 17.7. The summed E-state index contributed by atoms with van der Waals surface area (Å²) in [5, 5.41) is 5.64. The Labute approximate surface area is 222 Å². The number of allylic oxidation sites excluding steroid dienone is 3. The Morgan fingerprint density at radius 3 is 2.32 bits per heavy atom. The number of methoxy groups -OCH3 is 1. The van der Waals surface area contributed by atoms with E-state index in [1.54, 1.807) is 42.4 Å². The van der Waals surface area contributed by atoms with Gasteiger partial charge in [-0.2, -0.15) is 0 Å². The highest BCUT2D eigenvalue weighted by atomic mass is 16.5. The SMILES string of the molecule is C=CC(=O)N1CCNCC1.C=C\C=C(/N=C(\C=C(/N)C(=O)NC)CC)c1ccc(N)c(OC)c1.CCC. The minimum absolute atomic E-state index is 0.0431. The van der Waals surface area contributed by atoms with Crippen LogP contribution in [0.25, 0.3) is 5.70 Å². The van der Waals surface area contributed by atoms with Crippen LogP contribution in [0.1, 0.15) is 39.2 Å². The molecule has 1 fully saturated rings. The zero-order valence-corrected chi connectivity index (χ0v) is 23.0. The number of nitrogen functional groups attached to an aromatic ring is 1. The van der Waals surface area contributed by atoms with Crippen molar-refractivity contribution in [3.05, 3.63) is 66.9 Å². The van der Waals surface area contributed by atoms with E-state index in [9.17, 15) is 9.59 Å². The van der Waals surface area contributed by atoms with Crippen molar-refractivity contribution in [2.75, 3.05) is 46.1 Å². The molecule has 37 heavy (non-hydrogen) atoms. The molecule has 0 aromatic heterocycles. The second-order valence-corrected chi connectivity index (χ2v) is 7.87. The topological polar surface area (TPSA) is 135 Å². The fraction of sp³-hybridized carbons (Fsp3) is 0.393. The molecule has 6 N–H and O–H groups in total. The van der Waals surface area contributed by atoms with Crippen LogP contribution in [0.2, 0.25) is 0 Å². The third kappa shape index (κ3) is 12.6. The third-order valence-electron chi connectivity index (χ3n) is 4.85. The molecule has 0 unspecified atom stereocenters. The molecule has 9 nitrogen and oxygen atoms in total. The van der Waals surface area contributed by atoms with Gasteiger partial charge in [0, 0.05) is 44.5 Å². The van der Waals surface area contributed by atoms with E-state index in [0.29, 0.717) is 29.3 Å². The van der Waals surface area contributed by atoms with E-state index in [2.05, 4.69) is 42.6 Å². The number of anilines is 1. The molecule has 0 spiro atoms. The molecule has 9 heteroatoms. The molecule has 0 aliphatic carbocycles. The predicted molar refractivity (Wildman–Crippen MR) is 155 cm³/mol. The van der Waals surface area contributed by atoms with Crippen LogP contribution < -0.4 is 26.8 Å². The van der Waals surface area contributed by atoms with Gasteiger partial charge in [0.25, 0.3) is 5.91 Å². The van der Waals surface area contributed by atoms with E-state index in [4.69, 9.17) is 16.2 Å². The summed E-state index contributed by atoms with van der Waals surface area (Å²) in [7, 11) is 3.08. The summed E-state index contributed by atoms with van der Waals surface area (Å²) in [5.41, 5.74) is 14.4. The second-order valence-electron chi connectivity index (χ2n) is 7.87. The lowest BCUT2D eigenvalue weighted by Crippen LogP contribution is -2.45. The maximum absolute atomic E-state index is 11.5. The molecule has 0 bridgehead atoms. The summed E-state index contributed by atoms with van der Waals surface area (Å²) in [6, 6.07) is 5.39. The maximum atomic E-state index is 11.5. The largest absolute Gasteiger partial charge is 0.495 e. The van der Waals surface area contributed by atoms with Crippen molar-refractivity contribution in [1.29, 1.82) is 0 Å². The molecule has 1 aliphatic heterocycles. The van der Waals surface area contributed by atoms with Crippen LogP contribution in [-0.2, 0) is 9.59 Å². The molecular weight excluding hydrogens is 468 g/mol. The van der Waals surface area contributed by atoms with Gasteiger partial charge in [-0.25, -0.2) is 0 Å². The number of likely N-dealkylation sites (N-methyl/N-ethyl adjacent to an activating group) is 1. The Morgan fingerprint density at radius 2 is 1.84 bits per heavy atom. The van der Waals surface area contributed by atoms with Crippen LogP contribution >= 0.6 is 0 Å². The number of carbonyl (C=O) groups excluding carboxylic acids is 2. The summed E-state index contributed by atoms with van der Waals surface area (Å²) in [6.07, 6.45) is 8.19. The minimum Gasteiger partial charge on any atom is -0.495 e. The standard InChI is InChI=1S/C18H24N4O2.C7H12N2O.C3H8/c1-5-7-16(12-8-9-14(19)17(10-12)24-4)22-13(6-2)11-15(20)18(23)21-3;1-2-7(10)9-5-3-8-4-6-9;1-3-2/h5,7-11H,1,6,19-20H2,2-4H3,(H,21,23);2,8H,1,3-6H2;3H2,1-2H3/b15-11-,16-7-,22-13-;;. The van der Waals surface area contributed by atoms with Gasteiger partial charge >= 0.3 is 0 Å². The molecule has 204 valence electrons. The summed E-state index contributed by atoms with van der Waals surface area (Å²) in [5.74, 6) is 0.261. The number of nitrogens with zero attached hydrogens (tertiary/aromatic N) is 2. The van der Waals surface area contributed by atoms with Gasteiger partial charge in [-0.1, -0.05) is 52.5 Å². The Balaban J connectivity index is 0.000000819. The van der Waals surface area contributed by atoms with E-state index in [0.717, 1.165) is 31.7 Å². The number of rotatable bonds is 8. The predicted octanol–water partition coefficient (Wildman–Crippen LogP) is 3.26. The zero-order chi connectivity index (χ0) is 28.2. The lowest BCUT2D eigenvalue weighted by molar-refractivity contribution is -0.126. The van der Waals surface area contributed by atoms with Gasteiger partial charge in [0.15, 0.2) is 0 Å². The number of piperazine rings is 1. The summed E-state index contributed by atoms with van der Waals surface area (Å²) in [6.45, 7) is 16.7. The molecule has 1 saturated heterocycles. The van der Waals surface area contributed by atoms with Gasteiger partial charge in [-0.05, 0) is 36.8 Å². The molecule has 2 amide bonds. The van der Waals surface area contributed by atoms with Crippen LogP contribution in [0, 0.1) is 0 Å². The van der Waals surface area contributed by atoms with Gasteiger partial charge < -0.3 is 31.7 Å². The molecule has 2 rings (SSSR count). The lowest BCUT2D eigenvalue weighted by atomic mass is 10.1. The zero-order valence-electron chi connectivity index (χ0n) is 23.0. The average molecular weight is 513 g/mol. The number of amides is 2. The van der Waals surface area contributed by atoms with Gasteiger partial charge in [-0.3, -0.25) is 14.6 Å². The monoisotopic (exact) mass is 512 g/mol. The van der Waals surface area contributed by atoms with E-state index >= 15 is 0 Å². The first-order valence-corrected chi connectivity index (χ1v) is 12.4. The van der Waals surface area contributed by atoms with Gasteiger partial charge in [0.1, 0.15) is 5.75 Å². The van der Waals surface area contributed by atoms with E-state index < -0.39 is 0 Å². The van der Waals surface area contributed by atoms with Crippen LogP contribution in [0.15, 0.2) is 66.4 Å². The summed E-state index contributed by atoms with van der Waals surface area (Å²) >= 11 is 0. The smallest absolute Gasteiger partial charge is 0.266 e. The first kappa shape index (κ1) is 33.1. The van der Waals surface area contributed by atoms with Crippen molar-refractivity contribution in [3.8, 4) is 5.75 Å². The van der Waals surface area contributed by atoms with Crippen molar-refractivity contribution in [2.24, 2.45) is 10.7 Å². The molecule has 0 radical (unpaired) electrons. The van der Waals surface area contributed by atoms with Crippen molar-refractivity contribution in [3.63, 3.8) is 0 Å². The van der Waals surface area contributed by atoms with Crippen molar-refractivity contribution in [1.82, 2.24) is 15.5 Å². The molecule has 0 saturated carbocycles.